The Bertz CT molecular complexity index is 522. The topological polar surface area (TPSA) is 59.6 Å². The second-order valence-electron chi connectivity index (χ2n) is 5.01. The minimum atomic E-state index is -1.90. The van der Waals surface area contributed by atoms with E-state index in [1.54, 1.807) is 18.2 Å². The lowest BCUT2D eigenvalue weighted by Gasteiger charge is -2.19. The molecule has 122 valence electrons. The van der Waals surface area contributed by atoms with Crippen LogP contribution in [-0.2, 0) is 9.53 Å². The molecule has 1 amide bonds. The lowest BCUT2D eigenvalue weighted by molar-refractivity contribution is -0.126. The first-order chi connectivity index (χ1) is 10.6. The first-order valence-electron chi connectivity index (χ1n) is 7.27. The zero-order valence-corrected chi connectivity index (χ0v) is 13.2. The zero-order chi connectivity index (χ0) is 16.0. The van der Waals surface area contributed by atoms with Gasteiger partial charge in [0.25, 0.3) is 5.91 Å². The van der Waals surface area contributed by atoms with E-state index in [2.05, 4.69) is 10.6 Å². The summed E-state index contributed by atoms with van der Waals surface area (Å²) < 4.78 is 25.2. The van der Waals surface area contributed by atoms with Gasteiger partial charge in [-0.15, -0.1) is 0 Å². The van der Waals surface area contributed by atoms with E-state index >= 15 is 0 Å². The third-order valence-electron chi connectivity index (χ3n) is 3.40. The minimum Gasteiger partial charge on any atom is -0.487 e. The number of hydrogen-bond donors (Lipinski definition) is 2. The molecule has 0 unspecified atom stereocenters. The predicted octanol–water partition coefficient (Wildman–Crippen LogP) is 2.40. The fourth-order valence-electron chi connectivity index (χ4n) is 2.19. The maximum absolute atomic E-state index is 14.4. The average molecular weight is 331 g/mol. The van der Waals surface area contributed by atoms with E-state index in [0.717, 1.165) is 0 Å². The van der Waals surface area contributed by atoms with Crippen LogP contribution in [0.1, 0.15) is 13.3 Å². The summed E-state index contributed by atoms with van der Waals surface area (Å²) in [6.07, 6.45) is 0.153. The van der Waals surface area contributed by atoms with Crippen LogP contribution in [0.3, 0.4) is 0 Å². The Kier molecular flexibility index (Phi) is 5.99. The van der Waals surface area contributed by atoms with Crippen molar-refractivity contribution in [2.24, 2.45) is 0 Å². The molecule has 2 rings (SSSR count). The van der Waals surface area contributed by atoms with E-state index in [1.165, 1.54) is 0 Å². The van der Waals surface area contributed by atoms with Crippen LogP contribution < -0.4 is 15.4 Å². The fraction of sp³-hybridized carbons (Fsp3) is 0.533. The molecule has 1 fully saturated rings. The molecule has 0 bridgehead atoms. The Balaban J connectivity index is 2.06. The summed E-state index contributed by atoms with van der Waals surface area (Å²) >= 11 is 6.10. The van der Waals surface area contributed by atoms with Crippen molar-refractivity contribution in [3.05, 3.63) is 23.2 Å². The summed E-state index contributed by atoms with van der Waals surface area (Å²) in [5.41, 5.74) is -1.54. The van der Waals surface area contributed by atoms with Crippen LogP contribution in [-0.4, -0.2) is 44.5 Å². The largest absolute Gasteiger partial charge is 0.487 e. The highest BCUT2D eigenvalue weighted by atomic mass is 35.5. The quantitative estimate of drug-likeness (QED) is 0.754. The van der Waals surface area contributed by atoms with E-state index in [0.29, 0.717) is 42.8 Å². The van der Waals surface area contributed by atoms with E-state index in [1.807, 2.05) is 6.92 Å². The van der Waals surface area contributed by atoms with Gasteiger partial charge in [0, 0.05) is 19.6 Å². The Labute approximate surface area is 134 Å². The van der Waals surface area contributed by atoms with Gasteiger partial charge in [-0.3, -0.25) is 4.79 Å². The molecule has 0 spiro atoms. The summed E-state index contributed by atoms with van der Waals surface area (Å²) in [4.78, 5) is 12.1. The van der Waals surface area contributed by atoms with Crippen LogP contribution >= 0.6 is 11.6 Å². The van der Waals surface area contributed by atoms with Crippen LogP contribution in [0.2, 0.25) is 5.02 Å². The molecule has 1 aliphatic heterocycles. The average Bonchev–Trinajstić information content (AvgIpc) is 2.94. The summed E-state index contributed by atoms with van der Waals surface area (Å²) in [7, 11) is 0. The molecule has 22 heavy (non-hydrogen) atoms. The number of amides is 1. The summed E-state index contributed by atoms with van der Waals surface area (Å²) in [5.74, 6) is -0.360. The summed E-state index contributed by atoms with van der Waals surface area (Å²) in [6, 6.07) is 4.95. The number of ether oxygens (including phenoxy) is 2. The highest BCUT2D eigenvalue weighted by Gasteiger charge is 2.41. The SMILES string of the molecule is CCOCCOc1c(Cl)cccc1NC(=O)[C@@]1(F)CCNC1. The zero-order valence-electron chi connectivity index (χ0n) is 12.5. The van der Waals surface area contributed by atoms with E-state index in [4.69, 9.17) is 21.1 Å². The van der Waals surface area contributed by atoms with Gasteiger partial charge in [-0.2, -0.15) is 0 Å². The Hall–Kier alpha value is -1.37. The van der Waals surface area contributed by atoms with Gasteiger partial charge in [-0.05, 0) is 25.6 Å². The number of rotatable bonds is 7. The number of carbonyl (C=O) groups excluding carboxylic acids is 1. The first-order valence-corrected chi connectivity index (χ1v) is 7.65. The molecule has 1 aliphatic rings. The maximum Gasteiger partial charge on any atom is 0.263 e. The van der Waals surface area contributed by atoms with E-state index in [9.17, 15) is 9.18 Å². The van der Waals surface area contributed by atoms with Gasteiger partial charge < -0.3 is 20.1 Å². The molecule has 0 aromatic heterocycles. The van der Waals surface area contributed by atoms with Gasteiger partial charge in [0.05, 0.1) is 17.3 Å². The first kappa shape index (κ1) is 17.0. The molecule has 0 aliphatic carbocycles. The molecule has 1 aromatic rings. The van der Waals surface area contributed by atoms with Crippen molar-refractivity contribution in [2.75, 3.05) is 38.2 Å². The van der Waals surface area contributed by atoms with Gasteiger partial charge in [-0.25, -0.2) is 4.39 Å². The van der Waals surface area contributed by atoms with Gasteiger partial charge in [0.2, 0.25) is 5.67 Å². The molecule has 1 saturated heterocycles. The fourth-order valence-corrected chi connectivity index (χ4v) is 2.42. The Morgan fingerprint density at radius 2 is 2.32 bits per heavy atom. The summed E-state index contributed by atoms with van der Waals surface area (Å²) in [5, 5.41) is 5.77. The van der Waals surface area contributed by atoms with Gasteiger partial charge in [0.1, 0.15) is 6.61 Å². The van der Waals surface area contributed by atoms with Crippen LogP contribution in [0.25, 0.3) is 0 Å². The number of alkyl halides is 1. The molecule has 0 radical (unpaired) electrons. The van der Waals surface area contributed by atoms with Crippen molar-refractivity contribution < 1.29 is 18.7 Å². The normalized spacial score (nSPS) is 20.9. The summed E-state index contributed by atoms with van der Waals surface area (Å²) in [6.45, 7) is 3.68. The van der Waals surface area contributed by atoms with Crippen molar-refractivity contribution in [3.63, 3.8) is 0 Å². The Morgan fingerprint density at radius 1 is 1.50 bits per heavy atom. The van der Waals surface area contributed by atoms with Crippen molar-refractivity contribution in [3.8, 4) is 5.75 Å². The lowest BCUT2D eigenvalue weighted by atomic mass is 10.0. The Morgan fingerprint density at radius 3 is 3.00 bits per heavy atom. The molecule has 5 nitrogen and oxygen atoms in total. The predicted molar refractivity (Wildman–Crippen MR) is 83.4 cm³/mol. The van der Waals surface area contributed by atoms with E-state index in [-0.39, 0.29) is 13.0 Å². The molecular weight excluding hydrogens is 311 g/mol. The van der Waals surface area contributed by atoms with Crippen molar-refractivity contribution in [1.29, 1.82) is 0 Å². The van der Waals surface area contributed by atoms with Gasteiger partial charge >= 0.3 is 0 Å². The number of anilines is 1. The molecule has 2 N–H and O–H groups in total. The molecule has 0 saturated carbocycles. The van der Waals surface area contributed by atoms with Gasteiger partial charge in [-0.1, -0.05) is 17.7 Å². The minimum absolute atomic E-state index is 0.0138. The smallest absolute Gasteiger partial charge is 0.263 e. The van der Waals surface area contributed by atoms with E-state index < -0.39 is 11.6 Å². The van der Waals surface area contributed by atoms with Crippen LogP contribution in [0.15, 0.2) is 18.2 Å². The highest BCUT2D eigenvalue weighted by molar-refractivity contribution is 6.32. The van der Waals surface area contributed by atoms with Crippen molar-refractivity contribution in [1.82, 2.24) is 5.32 Å². The third kappa shape index (κ3) is 4.09. The number of halogens is 2. The lowest BCUT2D eigenvalue weighted by Crippen LogP contribution is -2.40. The molecule has 1 atom stereocenters. The molecular formula is C15H20ClFN2O3. The molecule has 1 heterocycles. The number of benzene rings is 1. The maximum atomic E-state index is 14.4. The monoisotopic (exact) mass is 330 g/mol. The van der Waals surface area contributed by atoms with Crippen molar-refractivity contribution in [2.45, 2.75) is 19.0 Å². The van der Waals surface area contributed by atoms with Gasteiger partial charge in [0.15, 0.2) is 5.75 Å². The number of para-hydroxylation sites is 1. The standard InChI is InChI=1S/C15H20ClFN2O3/c1-2-21-8-9-22-13-11(16)4-3-5-12(13)19-14(20)15(17)6-7-18-10-15/h3-5,18H,2,6-10H2,1H3,(H,19,20)/t15-/m1/s1. The number of hydrogen-bond acceptors (Lipinski definition) is 4. The second kappa shape index (κ2) is 7.76. The molecule has 7 heteroatoms. The number of carbonyl (C=O) groups is 1. The second-order valence-corrected chi connectivity index (χ2v) is 5.42. The van der Waals surface area contributed by atoms with Crippen LogP contribution in [0.5, 0.6) is 5.75 Å². The van der Waals surface area contributed by atoms with Crippen LogP contribution in [0, 0.1) is 0 Å². The third-order valence-corrected chi connectivity index (χ3v) is 3.70. The van der Waals surface area contributed by atoms with Crippen molar-refractivity contribution >= 4 is 23.2 Å². The number of nitrogens with one attached hydrogen (secondary N) is 2. The molecule has 1 aromatic carbocycles. The van der Waals surface area contributed by atoms with Crippen LogP contribution in [0.4, 0.5) is 10.1 Å². The highest BCUT2D eigenvalue weighted by Crippen LogP contribution is 2.34.